The van der Waals surface area contributed by atoms with E-state index in [2.05, 4.69) is 53.1 Å². The lowest BCUT2D eigenvalue weighted by Crippen LogP contribution is -2.06. The molecule has 0 bridgehead atoms. The molecule has 0 saturated carbocycles. The third kappa shape index (κ3) is 3.57. The predicted molar refractivity (Wildman–Crippen MR) is 120 cm³/mol. The van der Waals surface area contributed by atoms with Crippen LogP contribution in [0, 0.1) is 20.8 Å². The van der Waals surface area contributed by atoms with Crippen molar-refractivity contribution < 1.29 is 0 Å². The van der Waals surface area contributed by atoms with E-state index in [9.17, 15) is 0 Å². The quantitative estimate of drug-likeness (QED) is 0.418. The molecule has 30 heavy (non-hydrogen) atoms. The molecule has 0 amide bonds. The smallest absolute Gasteiger partial charge is 0.253 e. The predicted octanol–water partition coefficient (Wildman–Crippen LogP) is 4.81. The Balaban J connectivity index is 1.40. The number of nitrogens with one attached hydrogen (secondary N) is 1. The lowest BCUT2D eigenvalue weighted by Gasteiger charge is -2.10. The van der Waals surface area contributed by atoms with Gasteiger partial charge < -0.3 is 4.98 Å². The highest BCUT2D eigenvalue weighted by molar-refractivity contribution is 7.98. The number of aryl methyl sites for hydroxylation is 3. The van der Waals surface area contributed by atoms with Crippen molar-refractivity contribution in [1.82, 2.24) is 29.5 Å². The number of imidazole rings is 1. The lowest BCUT2D eigenvalue weighted by atomic mass is 10.0. The van der Waals surface area contributed by atoms with Crippen molar-refractivity contribution in [2.75, 3.05) is 0 Å². The number of rotatable bonds is 5. The molecule has 6 nitrogen and oxygen atoms in total. The molecule has 0 aliphatic rings. The van der Waals surface area contributed by atoms with Gasteiger partial charge >= 0.3 is 0 Å². The van der Waals surface area contributed by atoms with Crippen LogP contribution in [0.15, 0.2) is 53.7 Å². The SMILES string of the molecule is Cc1ccc(Cc2c(C)nc3nc(SCc4nc5ccccc5[nH]4)nn3c2C)cc1. The monoisotopic (exact) mass is 414 g/mol. The molecule has 0 radical (unpaired) electrons. The minimum atomic E-state index is 0.643. The van der Waals surface area contributed by atoms with Gasteiger partial charge in [-0.05, 0) is 44.0 Å². The molecule has 0 spiro atoms. The number of thioether (sulfide) groups is 1. The van der Waals surface area contributed by atoms with Crippen molar-refractivity contribution in [3.05, 3.63) is 82.4 Å². The van der Waals surface area contributed by atoms with E-state index in [0.717, 1.165) is 34.7 Å². The molecular formula is C23H22N6S. The fraction of sp³-hybridized carbons (Fsp3) is 0.217. The van der Waals surface area contributed by atoms with Crippen molar-refractivity contribution >= 4 is 28.6 Å². The number of nitrogens with zero attached hydrogens (tertiary/aromatic N) is 5. The Morgan fingerprint density at radius 2 is 1.73 bits per heavy atom. The number of H-pyrrole nitrogens is 1. The number of benzene rings is 2. The second kappa shape index (κ2) is 7.57. The first-order valence-corrected chi connectivity index (χ1v) is 10.9. The van der Waals surface area contributed by atoms with Crippen LogP contribution in [0.5, 0.6) is 0 Å². The molecule has 0 unspecified atom stereocenters. The second-order valence-electron chi connectivity index (χ2n) is 7.52. The van der Waals surface area contributed by atoms with Gasteiger partial charge in [0.05, 0.1) is 16.8 Å². The van der Waals surface area contributed by atoms with Crippen LogP contribution in [0.3, 0.4) is 0 Å². The van der Waals surface area contributed by atoms with E-state index >= 15 is 0 Å². The van der Waals surface area contributed by atoms with Gasteiger partial charge in [0.25, 0.3) is 5.78 Å². The number of hydrogen-bond donors (Lipinski definition) is 1. The highest BCUT2D eigenvalue weighted by Crippen LogP contribution is 2.23. The van der Waals surface area contributed by atoms with Gasteiger partial charge in [-0.15, -0.1) is 5.10 Å². The Hall–Kier alpha value is -3.19. The number of hydrogen-bond acceptors (Lipinski definition) is 5. The van der Waals surface area contributed by atoms with Crippen molar-refractivity contribution in [2.24, 2.45) is 0 Å². The van der Waals surface area contributed by atoms with Gasteiger partial charge in [-0.2, -0.15) is 4.98 Å². The maximum atomic E-state index is 4.71. The topological polar surface area (TPSA) is 71.8 Å². The second-order valence-corrected chi connectivity index (χ2v) is 8.46. The van der Waals surface area contributed by atoms with Gasteiger partial charge in [0, 0.05) is 17.8 Å². The van der Waals surface area contributed by atoms with Gasteiger partial charge in [0.2, 0.25) is 5.16 Å². The molecule has 5 rings (SSSR count). The summed E-state index contributed by atoms with van der Waals surface area (Å²) in [6.07, 6.45) is 0.836. The van der Waals surface area contributed by atoms with Gasteiger partial charge in [0.15, 0.2) is 0 Å². The molecular weight excluding hydrogens is 392 g/mol. The van der Waals surface area contributed by atoms with Crippen LogP contribution < -0.4 is 0 Å². The van der Waals surface area contributed by atoms with Crippen LogP contribution in [-0.4, -0.2) is 29.5 Å². The Morgan fingerprint density at radius 3 is 2.53 bits per heavy atom. The van der Waals surface area contributed by atoms with Crippen molar-refractivity contribution in [2.45, 2.75) is 38.1 Å². The Labute approximate surface area is 178 Å². The Kier molecular flexibility index (Phi) is 4.75. The fourth-order valence-corrected chi connectivity index (χ4v) is 4.31. The average molecular weight is 415 g/mol. The highest BCUT2D eigenvalue weighted by Gasteiger charge is 2.15. The summed E-state index contributed by atoms with van der Waals surface area (Å²) in [5, 5.41) is 5.41. The zero-order valence-corrected chi connectivity index (χ0v) is 18.0. The molecule has 1 N–H and O–H groups in total. The number of aromatic nitrogens is 6. The van der Waals surface area contributed by atoms with Crippen LogP contribution in [0.2, 0.25) is 0 Å². The van der Waals surface area contributed by atoms with Crippen LogP contribution in [0.1, 0.15) is 33.9 Å². The normalized spacial score (nSPS) is 11.6. The van der Waals surface area contributed by atoms with E-state index in [1.54, 1.807) is 11.8 Å². The van der Waals surface area contributed by atoms with Crippen LogP contribution in [0.25, 0.3) is 16.8 Å². The Morgan fingerprint density at radius 1 is 0.933 bits per heavy atom. The van der Waals surface area contributed by atoms with E-state index < -0.39 is 0 Å². The summed E-state index contributed by atoms with van der Waals surface area (Å²) in [4.78, 5) is 17.3. The summed E-state index contributed by atoms with van der Waals surface area (Å²) in [6.45, 7) is 6.24. The zero-order chi connectivity index (χ0) is 20.7. The average Bonchev–Trinajstić information content (AvgIpc) is 3.34. The first-order valence-electron chi connectivity index (χ1n) is 9.91. The molecule has 2 aromatic carbocycles. The molecule has 0 aliphatic heterocycles. The van der Waals surface area contributed by atoms with Crippen molar-refractivity contribution in [3.63, 3.8) is 0 Å². The van der Waals surface area contributed by atoms with Crippen LogP contribution >= 0.6 is 11.8 Å². The largest absolute Gasteiger partial charge is 0.341 e. The molecule has 0 fully saturated rings. The molecule has 3 aromatic heterocycles. The molecule has 5 aromatic rings. The van der Waals surface area contributed by atoms with Gasteiger partial charge in [-0.1, -0.05) is 53.7 Å². The van der Waals surface area contributed by atoms with Gasteiger partial charge in [-0.3, -0.25) is 0 Å². The summed E-state index contributed by atoms with van der Waals surface area (Å²) < 4.78 is 1.86. The maximum absolute atomic E-state index is 4.71. The summed E-state index contributed by atoms with van der Waals surface area (Å²) in [7, 11) is 0. The summed E-state index contributed by atoms with van der Waals surface area (Å²) in [6, 6.07) is 16.7. The van der Waals surface area contributed by atoms with E-state index in [1.165, 1.54) is 16.7 Å². The minimum absolute atomic E-state index is 0.643. The first kappa shape index (κ1) is 18.8. The summed E-state index contributed by atoms with van der Waals surface area (Å²) in [5.41, 5.74) is 7.85. The first-order chi connectivity index (χ1) is 14.6. The third-order valence-corrected chi connectivity index (χ3v) is 6.16. The van der Waals surface area contributed by atoms with Crippen LogP contribution in [0.4, 0.5) is 0 Å². The van der Waals surface area contributed by atoms with E-state index in [1.807, 2.05) is 35.7 Å². The van der Waals surface area contributed by atoms with Crippen molar-refractivity contribution in [1.29, 1.82) is 0 Å². The minimum Gasteiger partial charge on any atom is -0.341 e. The number of para-hydroxylation sites is 2. The number of aromatic amines is 1. The van der Waals surface area contributed by atoms with Crippen LogP contribution in [-0.2, 0) is 12.2 Å². The Bertz CT molecular complexity index is 1320. The highest BCUT2D eigenvalue weighted by atomic mass is 32.2. The van der Waals surface area contributed by atoms with E-state index in [4.69, 9.17) is 10.1 Å². The van der Waals surface area contributed by atoms with Gasteiger partial charge in [-0.25, -0.2) is 14.5 Å². The number of fused-ring (bicyclic) bond motifs is 2. The molecule has 0 saturated heterocycles. The standard InChI is InChI=1S/C23H22N6S/c1-14-8-10-17(11-9-14)12-18-15(2)24-22-27-23(28-29(22)16(18)3)30-13-21-25-19-6-4-5-7-20(19)26-21/h4-11H,12-13H2,1-3H3,(H,25,26). The fourth-order valence-electron chi connectivity index (χ4n) is 3.62. The maximum Gasteiger partial charge on any atom is 0.253 e. The molecule has 150 valence electrons. The third-order valence-electron chi connectivity index (χ3n) is 5.31. The molecule has 0 atom stereocenters. The molecule has 7 heteroatoms. The molecule has 0 aliphatic carbocycles. The molecule has 3 heterocycles. The van der Waals surface area contributed by atoms with E-state index in [-0.39, 0.29) is 0 Å². The lowest BCUT2D eigenvalue weighted by molar-refractivity contribution is 0.823. The zero-order valence-electron chi connectivity index (χ0n) is 17.2. The van der Waals surface area contributed by atoms with E-state index in [0.29, 0.717) is 16.7 Å². The van der Waals surface area contributed by atoms with Crippen molar-refractivity contribution in [3.8, 4) is 0 Å². The summed E-state index contributed by atoms with van der Waals surface area (Å²) >= 11 is 1.56. The van der Waals surface area contributed by atoms with Gasteiger partial charge in [0.1, 0.15) is 5.82 Å². The summed E-state index contributed by atoms with van der Waals surface area (Å²) in [5.74, 6) is 2.24.